The fourth-order valence-corrected chi connectivity index (χ4v) is 2.66. The molecule has 0 saturated heterocycles. The van der Waals surface area contributed by atoms with E-state index in [4.69, 9.17) is 9.47 Å². The number of thioether (sulfide) groups is 1. The minimum atomic E-state index is -0.365. The van der Waals surface area contributed by atoms with Gasteiger partial charge in [-0.05, 0) is 41.3 Å². The summed E-state index contributed by atoms with van der Waals surface area (Å²) in [5, 5.41) is 11.5. The molecule has 0 unspecified atom stereocenters. The predicted octanol–water partition coefficient (Wildman–Crippen LogP) is 3.95. The molecule has 0 fully saturated rings. The van der Waals surface area contributed by atoms with Crippen LogP contribution in [-0.2, 0) is 4.74 Å². The van der Waals surface area contributed by atoms with E-state index in [9.17, 15) is 9.90 Å². The Morgan fingerprint density at radius 2 is 1.95 bits per heavy atom. The third kappa shape index (κ3) is 4.05. The van der Waals surface area contributed by atoms with Gasteiger partial charge in [0.05, 0.1) is 19.8 Å². The van der Waals surface area contributed by atoms with E-state index in [-0.39, 0.29) is 11.7 Å². The fraction of sp³-hybridized carbons (Fsp3) is 0.118. The molecule has 0 atom stereocenters. The second-order valence-corrected chi connectivity index (χ2v) is 5.32. The molecule has 5 heteroatoms. The lowest BCUT2D eigenvalue weighted by Gasteiger charge is -2.05. The second-order valence-electron chi connectivity index (χ2n) is 4.37. The Balaban J connectivity index is 2.16. The Labute approximate surface area is 133 Å². The van der Waals surface area contributed by atoms with E-state index in [1.807, 2.05) is 29.7 Å². The maximum atomic E-state index is 11.7. The van der Waals surface area contributed by atoms with Crippen LogP contribution >= 0.6 is 11.8 Å². The average Bonchev–Trinajstić information content (AvgIpc) is 2.54. The summed E-state index contributed by atoms with van der Waals surface area (Å²) in [5.41, 5.74) is 1.33. The van der Waals surface area contributed by atoms with E-state index in [1.54, 1.807) is 25.3 Å². The summed E-state index contributed by atoms with van der Waals surface area (Å²) >= 11 is 1.40. The molecule has 2 aromatic rings. The topological polar surface area (TPSA) is 55.8 Å². The second kappa shape index (κ2) is 7.56. The van der Waals surface area contributed by atoms with Gasteiger partial charge in [-0.3, -0.25) is 0 Å². The largest absolute Gasteiger partial charge is 0.508 e. The van der Waals surface area contributed by atoms with Gasteiger partial charge in [0.15, 0.2) is 0 Å². The highest BCUT2D eigenvalue weighted by Gasteiger charge is 2.10. The number of carbonyl (C=O) groups excluding carboxylic acids is 1. The van der Waals surface area contributed by atoms with E-state index in [1.165, 1.54) is 24.9 Å². The van der Waals surface area contributed by atoms with Crippen LogP contribution in [0.2, 0.25) is 0 Å². The van der Waals surface area contributed by atoms with Crippen molar-refractivity contribution in [2.75, 3.05) is 14.2 Å². The minimum absolute atomic E-state index is 0.138. The first-order valence-corrected chi connectivity index (χ1v) is 7.40. The molecule has 114 valence electrons. The van der Waals surface area contributed by atoms with Crippen LogP contribution in [0, 0.1) is 0 Å². The molecule has 0 spiro atoms. The number of hydrogen-bond acceptors (Lipinski definition) is 5. The summed E-state index contributed by atoms with van der Waals surface area (Å²) in [6.07, 6.45) is 1.83. The zero-order valence-corrected chi connectivity index (χ0v) is 13.1. The number of phenolic OH excluding ortho intramolecular Hbond substituents is 1. The Morgan fingerprint density at radius 3 is 2.68 bits per heavy atom. The van der Waals surface area contributed by atoms with Gasteiger partial charge in [-0.2, -0.15) is 0 Å². The molecule has 0 saturated carbocycles. The van der Waals surface area contributed by atoms with Gasteiger partial charge in [0.1, 0.15) is 11.5 Å². The summed E-state index contributed by atoms with van der Waals surface area (Å²) < 4.78 is 9.87. The number of rotatable bonds is 5. The lowest BCUT2D eigenvalue weighted by atomic mass is 10.2. The molecule has 0 aliphatic carbocycles. The molecule has 2 aromatic carbocycles. The molecule has 2 rings (SSSR count). The molecule has 0 aliphatic heterocycles. The van der Waals surface area contributed by atoms with Gasteiger partial charge in [0.2, 0.25) is 0 Å². The fourth-order valence-electron chi connectivity index (χ4n) is 1.85. The van der Waals surface area contributed by atoms with Gasteiger partial charge in [0.25, 0.3) is 0 Å². The van der Waals surface area contributed by atoms with Crippen molar-refractivity contribution in [1.29, 1.82) is 0 Å². The van der Waals surface area contributed by atoms with Crippen molar-refractivity contribution in [3.8, 4) is 11.5 Å². The highest BCUT2D eigenvalue weighted by atomic mass is 32.2. The quantitative estimate of drug-likeness (QED) is 0.668. The number of carbonyl (C=O) groups is 1. The summed E-state index contributed by atoms with van der Waals surface area (Å²) in [6.45, 7) is 0. The number of phenols is 1. The highest BCUT2D eigenvalue weighted by Crippen LogP contribution is 2.27. The summed E-state index contributed by atoms with van der Waals surface area (Å²) in [4.78, 5) is 12.5. The molecule has 0 bridgehead atoms. The van der Waals surface area contributed by atoms with E-state index in [2.05, 4.69) is 0 Å². The summed E-state index contributed by atoms with van der Waals surface area (Å²) in [7, 11) is 2.91. The van der Waals surface area contributed by atoms with Crippen LogP contribution in [0.1, 0.15) is 15.9 Å². The van der Waals surface area contributed by atoms with Gasteiger partial charge >= 0.3 is 5.97 Å². The molecule has 4 nitrogen and oxygen atoms in total. The Hall–Kier alpha value is -2.40. The summed E-state index contributed by atoms with van der Waals surface area (Å²) in [6, 6.07) is 12.2. The summed E-state index contributed by atoms with van der Waals surface area (Å²) in [5.74, 6) is 0.356. The number of ether oxygens (including phenoxy) is 2. The molecular formula is C17H16O4S. The SMILES string of the molecule is COC(=O)c1ccccc1S/C=C/c1cc(O)cc(OC)c1. The van der Waals surface area contributed by atoms with Crippen LogP contribution in [-0.4, -0.2) is 25.3 Å². The molecule has 0 radical (unpaired) electrons. The number of hydrogen-bond donors (Lipinski definition) is 1. The normalized spacial score (nSPS) is 10.6. The number of esters is 1. The van der Waals surface area contributed by atoms with Crippen molar-refractivity contribution in [3.05, 3.63) is 59.0 Å². The average molecular weight is 316 g/mol. The third-order valence-corrected chi connectivity index (χ3v) is 3.78. The standard InChI is InChI=1S/C17H16O4S/c1-20-14-10-12(9-13(18)11-14)7-8-22-16-6-4-3-5-15(16)17(19)21-2/h3-11,18H,1-2H3/b8-7+. The Bertz CT molecular complexity index is 695. The Kier molecular flexibility index (Phi) is 5.49. The predicted molar refractivity (Wildman–Crippen MR) is 87.3 cm³/mol. The van der Waals surface area contributed by atoms with Gasteiger partial charge in [-0.15, -0.1) is 0 Å². The molecule has 22 heavy (non-hydrogen) atoms. The van der Waals surface area contributed by atoms with Crippen molar-refractivity contribution in [2.45, 2.75) is 4.90 Å². The smallest absolute Gasteiger partial charge is 0.339 e. The maximum Gasteiger partial charge on any atom is 0.339 e. The van der Waals surface area contributed by atoms with Gasteiger partial charge in [-0.1, -0.05) is 23.9 Å². The molecule has 0 aliphatic rings. The lowest BCUT2D eigenvalue weighted by Crippen LogP contribution is -2.02. The van der Waals surface area contributed by atoms with Crippen molar-refractivity contribution in [3.63, 3.8) is 0 Å². The lowest BCUT2D eigenvalue weighted by molar-refractivity contribution is 0.0597. The van der Waals surface area contributed by atoms with E-state index in [0.717, 1.165) is 10.5 Å². The van der Waals surface area contributed by atoms with Crippen LogP contribution in [0.3, 0.4) is 0 Å². The highest BCUT2D eigenvalue weighted by molar-refractivity contribution is 8.02. The molecule has 0 amide bonds. The van der Waals surface area contributed by atoms with Crippen molar-refractivity contribution in [1.82, 2.24) is 0 Å². The van der Waals surface area contributed by atoms with Crippen LogP contribution in [0.25, 0.3) is 6.08 Å². The maximum absolute atomic E-state index is 11.7. The van der Waals surface area contributed by atoms with Gasteiger partial charge in [0, 0.05) is 11.0 Å². The minimum Gasteiger partial charge on any atom is -0.508 e. The van der Waals surface area contributed by atoms with Crippen LogP contribution in [0.4, 0.5) is 0 Å². The number of aromatic hydroxyl groups is 1. The molecule has 0 heterocycles. The number of methoxy groups -OCH3 is 2. The van der Waals surface area contributed by atoms with Gasteiger partial charge in [-0.25, -0.2) is 4.79 Å². The van der Waals surface area contributed by atoms with Crippen molar-refractivity contribution in [2.24, 2.45) is 0 Å². The molecular weight excluding hydrogens is 300 g/mol. The van der Waals surface area contributed by atoms with E-state index in [0.29, 0.717) is 11.3 Å². The van der Waals surface area contributed by atoms with E-state index < -0.39 is 0 Å². The number of benzene rings is 2. The Morgan fingerprint density at radius 1 is 1.18 bits per heavy atom. The van der Waals surface area contributed by atoms with Crippen molar-refractivity contribution < 1.29 is 19.4 Å². The zero-order chi connectivity index (χ0) is 15.9. The van der Waals surface area contributed by atoms with Crippen molar-refractivity contribution >= 4 is 23.8 Å². The monoisotopic (exact) mass is 316 g/mol. The van der Waals surface area contributed by atoms with E-state index >= 15 is 0 Å². The third-order valence-electron chi connectivity index (χ3n) is 2.90. The van der Waals surface area contributed by atoms with Crippen LogP contribution in [0.15, 0.2) is 52.8 Å². The first-order chi connectivity index (χ1) is 10.6. The van der Waals surface area contributed by atoms with Gasteiger partial charge < -0.3 is 14.6 Å². The zero-order valence-electron chi connectivity index (χ0n) is 12.3. The first kappa shape index (κ1) is 16.0. The molecule has 0 aromatic heterocycles. The van der Waals surface area contributed by atoms with Crippen LogP contribution < -0.4 is 4.74 Å². The van der Waals surface area contributed by atoms with Crippen LogP contribution in [0.5, 0.6) is 11.5 Å². The first-order valence-electron chi connectivity index (χ1n) is 6.52. The molecule has 1 N–H and O–H groups in total.